The van der Waals surface area contributed by atoms with E-state index in [1.807, 2.05) is 24.3 Å². The van der Waals surface area contributed by atoms with E-state index in [4.69, 9.17) is 4.52 Å². The molecule has 1 aromatic heterocycles. The molecule has 0 radical (unpaired) electrons. The fraction of sp³-hybridized carbons (Fsp3) is 0.357. The van der Waals surface area contributed by atoms with Gasteiger partial charge in [-0.05, 0) is 25.1 Å². The number of nitrogens with one attached hydrogen (secondary N) is 2. The molecule has 2 N–H and O–H groups in total. The maximum Gasteiger partial charge on any atom is 0.228 e. The second-order valence-electron chi connectivity index (χ2n) is 4.90. The maximum absolute atomic E-state index is 12.1. The van der Waals surface area contributed by atoms with Crippen LogP contribution in [0.15, 0.2) is 28.8 Å². The first-order chi connectivity index (χ1) is 9.72. The molecule has 1 saturated heterocycles. The SMILES string of the molecule is Cc1nc(-c2cccc(NC(=O)C3CCNC3)c2)no1. The zero-order valence-corrected chi connectivity index (χ0v) is 11.2. The third-order valence-electron chi connectivity index (χ3n) is 3.35. The van der Waals surface area contributed by atoms with E-state index in [-0.39, 0.29) is 11.8 Å². The van der Waals surface area contributed by atoms with Crippen molar-refractivity contribution in [2.75, 3.05) is 18.4 Å². The van der Waals surface area contributed by atoms with Gasteiger partial charge in [0.1, 0.15) is 0 Å². The first kappa shape index (κ1) is 12.8. The van der Waals surface area contributed by atoms with Crippen LogP contribution in [0.2, 0.25) is 0 Å². The lowest BCUT2D eigenvalue weighted by Crippen LogP contribution is -2.24. The van der Waals surface area contributed by atoms with Gasteiger partial charge in [-0.3, -0.25) is 4.79 Å². The van der Waals surface area contributed by atoms with Gasteiger partial charge in [0.25, 0.3) is 0 Å². The van der Waals surface area contributed by atoms with Gasteiger partial charge in [-0.25, -0.2) is 0 Å². The number of nitrogens with zero attached hydrogens (tertiary/aromatic N) is 2. The predicted molar refractivity (Wildman–Crippen MR) is 74.1 cm³/mol. The van der Waals surface area contributed by atoms with Gasteiger partial charge < -0.3 is 15.2 Å². The molecule has 6 nitrogen and oxygen atoms in total. The molecule has 104 valence electrons. The summed E-state index contributed by atoms with van der Waals surface area (Å²) in [5.41, 5.74) is 1.58. The van der Waals surface area contributed by atoms with Crippen LogP contribution < -0.4 is 10.6 Å². The zero-order valence-electron chi connectivity index (χ0n) is 11.2. The first-order valence-electron chi connectivity index (χ1n) is 6.65. The average molecular weight is 272 g/mol. The Morgan fingerprint density at radius 1 is 1.50 bits per heavy atom. The van der Waals surface area contributed by atoms with Gasteiger partial charge in [0.05, 0.1) is 5.92 Å². The van der Waals surface area contributed by atoms with Crippen LogP contribution in [0.4, 0.5) is 5.69 Å². The third-order valence-corrected chi connectivity index (χ3v) is 3.35. The molecule has 0 bridgehead atoms. The normalized spacial score (nSPS) is 18.1. The summed E-state index contributed by atoms with van der Waals surface area (Å²) in [5.74, 6) is 1.15. The molecule has 1 aliphatic rings. The van der Waals surface area contributed by atoms with Crippen LogP contribution in [0.1, 0.15) is 12.3 Å². The van der Waals surface area contributed by atoms with Crippen molar-refractivity contribution in [2.45, 2.75) is 13.3 Å². The molecule has 6 heteroatoms. The van der Waals surface area contributed by atoms with Gasteiger partial charge in [0.15, 0.2) is 0 Å². The van der Waals surface area contributed by atoms with Crippen LogP contribution in [-0.4, -0.2) is 29.1 Å². The Kier molecular flexibility index (Phi) is 3.47. The molecule has 1 aliphatic heterocycles. The highest BCUT2D eigenvalue weighted by atomic mass is 16.5. The number of rotatable bonds is 3. The molecule has 1 fully saturated rings. The van der Waals surface area contributed by atoms with E-state index in [1.54, 1.807) is 6.92 Å². The molecule has 20 heavy (non-hydrogen) atoms. The van der Waals surface area contributed by atoms with Crippen molar-refractivity contribution in [3.8, 4) is 11.4 Å². The van der Waals surface area contributed by atoms with Crippen molar-refractivity contribution in [3.05, 3.63) is 30.2 Å². The number of hydrogen-bond acceptors (Lipinski definition) is 5. The Hall–Kier alpha value is -2.21. The monoisotopic (exact) mass is 272 g/mol. The van der Waals surface area contributed by atoms with Gasteiger partial charge in [0.2, 0.25) is 17.6 Å². The van der Waals surface area contributed by atoms with Crippen molar-refractivity contribution in [2.24, 2.45) is 5.92 Å². The van der Waals surface area contributed by atoms with E-state index < -0.39 is 0 Å². The zero-order chi connectivity index (χ0) is 13.9. The molecular weight excluding hydrogens is 256 g/mol. The Bertz CT molecular complexity index is 617. The number of anilines is 1. The molecule has 2 aromatic rings. The quantitative estimate of drug-likeness (QED) is 0.887. The second kappa shape index (κ2) is 5.42. The highest BCUT2D eigenvalue weighted by molar-refractivity contribution is 5.93. The smallest absolute Gasteiger partial charge is 0.228 e. The van der Waals surface area contributed by atoms with Gasteiger partial charge in [-0.1, -0.05) is 17.3 Å². The number of benzene rings is 1. The van der Waals surface area contributed by atoms with Crippen molar-refractivity contribution in [3.63, 3.8) is 0 Å². The van der Waals surface area contributed by atoms with E-state index >= 15 is 0 Å². The Morgan fingerprint density at radius 3 is 3.10 bits per heavy atom. The second-order valence-corrected chi connectivity index (χ2v) is 4.90. The number of amides is 1. The summed E-state index contributed by atoms with van der Waals surface area (Å²) in [6.45, 7) is 3.39. The molecule has 0 spiro atoms. The van der Waals surface area contributed by atoms with E-state index in [0.717, 1.165) is 30.8 Å². The van der Waals surface area contributed by atoms with Crippen LogP contribution >= 0.6 is 0 Å². The van der Waals surface area contributed by atoms with Crippen LogP contribution in [0.25, 0.3) is 11.4 Å². The summed E-state index contributed by atoms with van der Waals surface area (Å²) in [4.78, 5) is 16.2. The van der Waals surface area contributed by atoms with Crippen LogP contribution in [0.3, 0.4) is 0 Å². The number of hydrogen-bond donors (Lipinski definition) is 2. The van der Waals surface area contributed by atoms with Crippen LogP contribution in [-0.2, 0) is 4.79 Å². The predicted octanol–water partition coefficient (Wildman–Crippen LogP) is 1.59. The van der Waals surface area contributed by atoms with Crippen molar-refractivity contribution in [1.82, 2.24) is 15.5 Å². The summed E-state index contributed by atoms with van der Waals surface area (Å²) in [6, 6.07) is 7.46. The van der Waals surface area contributed by atoms with E-state index in [2.05, 4.69) is 20.8 Å². The first-order valence-corrected chi connectivity index (χ1v) is 6.65. The summed E-state index contributed by atoms with van der Waals surface area (Å²) < 4.78 is 4.96. The highest BCUT2D eigenvalue weighted by Gasteiger charge is 2.22. The Morgan fingerprint density at radius 2 is 2.40 bits per heavy atom. The molecule has 1 amide bonds. The topological polar surface area (TPSA) is 80.0 Å². The number of aromatic nitrogens is 2. The minimum Gasteiger partial charge on any atom is -0.339 e. The maximum atomic E-state index is 12.1. The third kappa shape index (κ3) is 2.70. The van der Waals surface area contributed by atoms with Crippen molar-refractivity contribution in [1.29, 1.82) is 0 Å². The number of aryl methyl sites for hydroxylation is 1. The molecule has 1 unspecified atom stereocenters. The lowest BCUT2D eigenvalue weighted by atomic mass is 10.1. The lowest BCUT2D eigenvalue weighted by molar-refractivity contribution is -0.119. The standard InChI is InChI=1S/C14H16N4O2/c1-9-16-13(18-20-9)10-3-2-4-12(7-10)17-14(19)11-5-6-15-8-11/h2-4,7,11,15H,5-6,8H2,1H3,(H,17,19). The molecule has 2 heterocycles. The van der Waals surface area contributed by atoms with Gasteiger partial charge in [-0.2, -0.15) is 4.98 Å². The van der Waals surface area contributed by atoms with Crippen LogP contribution in [0.5, 0.6) is 0 Å². The fourth-order valence-electron chi connectivity index (χ4n) is 2.28. The summed E-state index contributed by atoms with van der Waals surface area (Å²) in [7, 11) is 0. The summed E-state index contributed by atoms with van der Waals surface area (Å²) >= 11 is 0. The lowest BCUT2D eigenvalue weighted by Gasteiger charge is -2.10. The molecule has 0 saturated carbocycles. The largest absolute Gasteiger partial charge is 0.339 e. The fourth-order valence-corrected chi connectivity index (χ4v) is 2.28. The summed E-state index contributed by atoms with van der Waals surface area (Å²) in [5, 5.41) is 10.00. The van der Waals surface area contributed by atoms with Crippen molar-refractivity contribution >= 4 is 11.6 Å². The minimum atomic E-state index is 0.0473. The van der Waals surface area contributed by atoms with E-state index in [9.17, 15) is 4.79 Å². The van der Waals surface area contributed by atoms with Gasteiger partial charge in [-0.15, -0.1) is 0 Å². The Balaban J connectivity index is 1.75. The van der Waals surface area contributed by atoms with E-state index in [0.29, 0.717) is 11.7 Å². The Labute approximate surface area is 116 Å². The molecule has 3 rings (SSSR count). The molecule has 1 atom stereocenters. The number of carbonyl (C=O) groups is 1. The van der Waals surface area contributed by atoms with Gasteiger partial charge >= 0.3 is 0 Å². The molecule has 1 aromatic carbocycles. The molecule has 0 aliphatic carbocycles. The highest BCUT2D eigenvalue weighted by Crippen LogP contribution is 2.21. The summed E-state index contributed by atoms with van der Waals surface area (Å²) in [6.07, 6.45) is 0.884. The molecular formula is C14H16N4O2. The van der Waals surface area contributed by atoms with Crippen molar-refractivity contribution < 1.29 is 9.32 Å². The average Bonchev–Trinajstić information content (AvgIpc) is 3.10. The number of carbonyl (C=O) groups excluding carboxylic acids is 1. The van der Waals surface area contributed by atoms with Gasteiger partial charge in [0, 0.05) is 24.7 Å². The van der Waals surface area contributed by atoms with Crippen LogP contribution in [0, 0.1) is 12.8 Å². The van der Waals surface area contributed by atoms with E-state index in [1.165, 1.54) is 0 Å². The minimum absolute atomic E-state index is 0.0473.